The number of hydrogen-bond acceptors (Lipinski definition) is 2. The molecule has 6 aliphatic rings. The molecule has 6 rings (SSSR count). The van der Waals surface area contributed by atoms with E-state index in [1.165, 1.54) is 44.1 Å². The van der Waals surface area contributed by atoms with Crippen LogP contribution in [0.2, 0.25) is 0 Å². The lowest BCUT2D eigenvalue weighted by atomic mass is 9.49. The van der Waals surface area contributed by atoms with Gasteiger partial charge in [0.1, 0.15) is 0 Å². The van der Waals surface area contributed by atoms with E-state index in [9.17, 15) is 4.79 Å². The third-order valence-corrected chi connectivity index (χ3v) is 9.38. The molecule has 3 saturated carbocycles. The van der Waals surface area contributed by atoms with Gasteiger partial charge in [0.15, 0.2) is 5.78 Å². The van der Waals surface area contributed by atoms with Gasteiger partial charge in [-0.25, -0.2) is 0 Å². The Morgan fingerprint density at radius 3 is 2.96 bits per heavy atom. The molecule has 0 N–H and O–H groups in total. The average molecular weight is 338 g/mol. The van der Waals surface area contributed by atoms with Crippen LogP contribution in [0.15, 0.2) is 23.8 Å². The van der Waals surface area contributed by atoms with Gasteiger partial charge in [0.25, 0.3) is 0 Å². The fraction of sp³-hybridized carbons (Fsp3) is 0.783. The molecule has 0 aromatic carbocycles. The van der Waals surface area contributed by atoms with Gasteiger partial charge >= 0.3 is 0 Å². The van der Waals surface area contributed by atoms with Gasteiger partial charge in [-0.3, -0.25) is 4.79 Å². The molecular formula is C23H30O2. The van der Waals surface area contributed by atoms with Crippen molar-refractivity contribution in [3.05, 3.63) is 23.8 Å². The minimum absolute atomic E-state index is 0.231. The van der Waals surface area contributed by atoms with Crippen molar-refractivity contribution >= 4 is 5.78 Å². The van der Waals surface area contributed by atoms with E-state index in [4.69, 9.17) is 4.74 Å². The predicted octanol–water partition coefficient (Wildman–Crippen LogP) is 4.70. The highest BCUT2D eigenvalue weighted by Gasteiger charge is 2.77. The first kappa shape index (κ1) is 15.2. The summed E-state index contributed by atoms with van der Waals surface area (Å²) in [6.45, 7) is 3.44. The largest absolute Gasteiger partial charge is 0.374 e. The summed E-state index contributed by atoms with van der Waals surface area (Å²) in [6, 6.07) is 0. The SMILES string of the molecule is CC[C@]12CC[C@H]3[C@@H](C=CC4=CC(=O)CC[C@@H]43)[C@@H]1[C@@H]1C[C@@H]1[C@@]21CCCO1. The first-order valence-corrected chi connectivity index (χ1v) is 10.8. The van der Waals surface area contributed by atoms with Crippen molar-refractivity contribution in [3.63, 3.8) is 0 Å². The van der Waals surface area contributed by atoms with Crippen molar-refractivity contribution in [3.8, 4) is 0 Å². The Morgan fingerprint density at radius 1 is 1.24 bits per heavy atom. The molecule has 1 heterocycles. The van der Waals surface area contributed by atoms with Crippen LogP contribution in [0.25, 0.3) is 0 Å². The minimum atomic E-state index is 0.231. The zero-order chi connectivity index (χ0) is 16.8. The van der Waals surface area contributed by atoms with Crippen LogP contribution in [0.4, 0.5) is 0 Å². The number of allylic oxidation sites excluding steroid dienone is 4. The zero-order valence-electron chi connectivity index (χ0n) is 15.4. The lowest BCUT2D eigenvalue weighted by molar-refractivity contribution is -0.150. The second-order valence-corrected chi connectivity index (χ2v) is 9.78. The smallest absolute Gasteiger partial charge is 0.155 e. The number of hydrogen-bond donors (Lipinski definition) is 0. The fourth-order valence-electron chi connectivity index (χ4n) is 8.60. The van der Waals surface area contributed by atoms with Gasteiger partial charge < -0.3 is 4.74 Å². The minimum Gasteiger partial charge on any atom is -0.374 e. The molecule has 4 fully saturated rings. The molecule has 1 spiro atoms. The van der Waals surface area contributed by atoms with Gasteiger partial charge in [-0.2, -0.15) is 0 Å². The van der Waals surface area contributed by atoms with E-state index in [1.54, 1.807) is 0 Å². The van der Waals surface area contributed by atoms with Crippen LogP contribution in [-0.2, 0) is 9.53 Å². The van der Waals surface area contributed by atoms with Crippen LogP contribution < -0.4 is 0 Å². The van der Waals surface area contributed by atoms with Gasteiger partial charge in [0.05, 0.1) is 5.60 Å². The lowest BCUT2D eigenvalue weighted by Crippen LogP contribution is -2.55. The molecule has 0 amide bonds. The van der Waals surface area contributed by atoms with E-state index in [1.807, 2.05) is 6.08 Å². The van der Waals surface area contributed by atoms with E-state index in [0.29, 0.717) is 17.1 Å². The molecule has 0 aromatic rings. The van der Waals surface area contributed by atoms with Gasteiger partial charge in [-0.15, -0.1) is 0 Å². The Morgan fingerprint density at radius 2 is 2.16 bits per heavy atom. The summed E-state index contributed by atoms with van der Waals surface area (Å²) in [6.07, 6.45) is 16.7. The van der Waals surface area contributed by atoms with Crippen molar-refractivity contribution in [1.82, 2.24) is 0 Å². The second-order valence-electron chi connectivity index (χ2n) is 9.78. The summed E-state index contributed by atoms with van der Waals surface area (Å²) in [5.41, 5.74) is 2.02. The maximum atomic E-state index is 11.9. The third-order valence-electron chi connectivity index (χ3n) is 9.38. The molecule has 1 aliphatic heterocycles. The highest BCUT2D eigenvalue weighted by atomic mass is 16.5. The van der Waals surface area contributed by atoms with E-state index in [0.717, 1.165) is 49.0 Å². The molecule has 2 heteroatoms. The molecule has 5 aliphatic carbocycles. The van der Waals surface area contributed by atoms with Crippen molar-refractivity contribution in [2.24, 2.45) is 40.9 Å². The fourth-order valence-corrected chi connectivity index (χ4v) is 8.60. The van der Waals surface area contributed by atoms with Crippen molar-refractivity contribution in [2.45, 2.75) is 63.9 Å². The Balaban J connectivity index is 1.43. The van der Waals surface area contributed by atoms with E-state index < -0.39 is 0 Å². The Kier molecular flexibility index (Phi) is 2.97. The van der Waals surface area contributed by atoms with Crippen molar-refractivity contribution in [2.75, 3.05) is 6.61 Å². The number of ketones is 1. The lowest BCUT2D eigenvalue weighted by Gasteiger charge is -2.57. The monoisotopic (exact) mass is 338 g/mol. The maximum Gasteiger partial charge on any atom is 0.155 e. The van der Waals surface area contributed by atoms with E-state index in [2.05, 4.69) is 19.1 Å². The van der Waals surface area contributed by atoms with E-state index >= 15 is 0 Å². The molecular weight excluding hydrogens is 308 g/mol. The van der Waals surface area contributed by atoms with Gasteiger partial charge in [-0.1, -0.05) is 19.1 Å². The second kappa shape index (κ2) is 4.88. The molecule has 1 saturated heterocycles. The zero-order valence-corrected chi connectivity index (χ0v) is 15.4. The molecule has 2 nitrogen and oxygen atoms in total. The normalized spacial score (nSPS) is 55.4. The summed E-state index contributed by atoms with van der Waals surface area (Å²) in [4.78, 5) is 11.9. The van der Waals surface area contributed by atoms with E-state index in [-0.39, 0.29) is 5.60 Å². The number of carbonyl (C=O) groups is 1. The quantitative estimate of drug-likeness (QED) is 0.693. The molecule has 134 valence electrons. The first-order chi connectivity index (χ1) is 12.2. The molecule has 0 radical (unpaired) electrons. The standard InChI is InChI=1S/C23H30O2/c1-2-22-10-8-17-16-7-5-15(24)12-14(16)4-6-18(17)21(22)19-13-20(19)23(22)9-3-11-25-23/h4,6,12,16-21H,2-3,5,7-11,13H2,1H3/t16-,17+,18+,19+,20-,21+,22-,23-/m0/s1. The van der Waals surface area contributed by atoms with Crippen molar-refractivity contribution in [1.29, 1.82) is 0 Å². The van der Waals surface area contributed by atoms with Crippen LogP contribution >= 0.6 is 0 Å². The number of carbonyl (C=O) groups excluding carboxylic acids is 1. The molecule has 0 bridgehead atoms. The molecule has 0 unspecified atom stereocenters. The number of rotatable bonds is 1. The predicted molar refractivity (Wildman–Crippen MR) is 96.9 cm³/mol. The van der Waals surface area contributed by atoms with Crippen LogP contribution in [-0.4, -0.2) is 18.0 Å². The Hall–Kier alpha value is -0.890. The number of fused-ring (bicyclic) bond motifs is 9. The van der Waals surface area contributed by atoms with Crippen LogP contribution in [0.1, 0.15) is 58.3 Å². The highest BCUT2D eigenvalue weighted by molar-refractivity contribution is 5.91. The highest BCUT2D eigenvalue weighted by Crippen LogP contribution is 2.78. The number of ether oxygens (including phenoxy) is 1. The third kappa shape index (κ3) is 1.69. The van der Waals surface area contributed by atoms with Gasteiger partial charge in [0.2, 0.25) is 0 Å². The summed E-state index contributed by atoms with van der Waals surface area (Å²) >= 11 is 0. The topological polar surface area (TPSA) is 26.3 Å². The summed E-state index contributed by atoms with van der Waals surface area (Å²) < 4.78 is 6.64. The Bertz CT molecular complexity index is 682. The summed E-state index contributed by atoms with van der Waals surface area (Å²) in [5.74, 6) is 5.14. The molecule has 8 atom stereocenters. The Labute approximate surface area is 151 Å². The maximum absolute atomic E-state index is 11.9. The molecule has 0 aromatic heterocycles. The van der Waals surface area contributed by atoms with Crippen molar-refractivity contribution < 1.29 is 9.53 Å². The average Bonchev–Trinajstić information content (AvgIpc) is 3.20. The van der Waals surface area contributed by atoms with Crippen LogP contribution in [0.5, 0.6) is 0 Å². The first-order valence-electron chi connectivity index (χ1n) is 10.8. The molecule has 25 heavy (non-hydrogen) atoms. The van der Waals surface area contributed by atoms with Gasteiger partial charge in [-0.05, 0) is 92.1 Å². The van der Waals surface area contributed by atoms with Gasteiger partial charge in [0, 0.05) is 18.4 Å². The van der Waals surface area contributed by atoms with Crippen LogP contribution in [0, 0.1) is 40.9 Å². The summed E-state index contributed by atoms with van der Waals surface area (Å²) in [5, 5.41) is 0. The van der Waals surface area contributed by atoms with Crippen LogP contribution in [0.3, 0.4) is 0 Å². The summed E-state index contributed by atoms with van der Waals surface area (Å²) in [7, 11) is 0.